The molecule has 1 aliphatic heterocycles. The predicted molar refractivity (Wildman–Crippen MR) is 133 cm³/mol. The Kier molecular flexibility index (Phi) is 8.65. The second kappa shape index (κ2) is 11.7. The van der Waals surface area contributed by atoms with E-state index in [1.165, 1.54) is 12.1 Å². The minimum absolute atomic E-state index is 0.148. The van der Waals surface area contributed by atoms with Gasteiger partial charge >= 0.3 is 0 Å². The molecule has 1 saturated heterocycles. The Morgan fingerprint density at radius 3 is 2.26 bits per heavy atom. The van der Waals surface area contributed by atoms with Gasteiger partial charge in [0, 0.05) is 37.1 Å². The van der Waals surface area contributed by atoms with Crippen molar-refractivity contribution in [2.24, 2.45) is 16.6 Å². The fourth-order valence-corrected chi connectivity index (χ4v) is 4.16. The second-order valence-corrected chi connectivity index (χ2v) is 8.43. The highest BCUT2D eigenvalue weighted by Gasteiger charge is 2.29. The molecule has 0 spiro atoms. The van der Waals surface area contributed by atoms with Crippen molar-refractivity contribution in [3.8, 4) is 11.5 Å². The minimum Gasteiger partial charge on any atom is -0.497 e. The fourth-order valence-electron chi connectivity index (χ4n) is 4.16. The van der Waals surface area contributed by atoms with Gasteiger partial charge in [-0.3, -0.25) is 9.79 Å². The summed E-state index contributed by atoms with van der Waals surface area (Å²) in [7, 11) is 6.86. The number of Topliss-reactive ketones (excluding diaryl/α,β-unsaturated/α-hetero) is 1. The summed E-state index contributed by atoms with van der Waals surface area (Å²) < 4.78 is 24.4. The van der Waals surface area contributed by atoms with E-state index in [2.05, 4.69) is 22.3 Å². The second-order valence-electron chi connectivity index (χ2n) is 8.43. The number of carbonyl (C=O) groups is 1. The molecule has 1 heterocycles. The van der Waals surface area contributed by atoms with Gasteiger partial charge < -0.3 is 25.4 Å². The number of likely N-dealkylation sites (tertiary alicyclic amines) is 1. The molecule has 1 fully saturated rings. The van der Waals surface area contributed by atoms with Crippen molar-refractivity contribution in [3.63, 3.8) is 0 Å². The zero-order valence-electron chi connectivity index (χ0n) is 20.2. The Labute approximate surface area is 200 Å². The molecule has 2 aromatic carbocycles. The largest absolute Gasteiger partial charge is 0.497 e. The number of rotatable bonds is 9. The van der Waals surface area contributed by atoms with E-state index < -0.39 is 6.04 Å². The van der Waals surface area contributed by atoms with Crippen molar-refractivity contribution in [1.29, 1.82) is 0 Å². The van der Waals surface area contributed by atoms with Crippen LogP contribution < -0.4 is 20.5 Å². The van der Waals surface area contributed by atoms with Crippen LogP contribution in [0.2, 0.25) is 0 Å². The number of ether oxygens (including phenoxy) is 2. The van der Waals surface area contributed by atoms with E-state index in [4.69, 9.17) is 15.2 Å². The normalized spacial score (nSPS) is 16.7. The van der Waals surface area contributed by atoms with E-state index >= 15 is 0 Å². The topological polar surface area (TPSA) is 89.2 Å². The van der Waals surface area contributed by atoms with Crippen molar-refractivity contribution >= 4 is 17.7 Å². The predicted octanol–water partition coefficient (Wildman–Crippen LogP) is 3.82. The Hall–Kier alpha value is -3.39. The van der Waals surface area contributed by atoms with E-state index in [0.717, 1.165) is 31.5 Å². The SMILES string of the molecule is CN=CC(=C(N)C(=O)C(Nc1cc(OC)cc(OC)c1)c1ccc(F)cc1)C1CCN(C)CC1. The number of allylic oxidation sites excluding steroid dienone is 1. The smallest absolute Gasteiger partial charge is 0.205 e. The lowest BCUT2D eigenvalue weighted by molar-refractivity contribution is -0.116. The number of ketones is 1. The molecular weight excluding hydrogens is 435 g/mol. The maximum atomic E-state index is 13.8. The van der Waals surface area contributed by atoms with Gasteiger partial charge in [0.25, 0.3) is 0 Å². The molecule has 0 aromatic heterocycles. The van der Waals surface area contributed by atoms with Gasteiger partial charge in [0.1, 0.15) is 23.4 Å². The molecule has 8 heteroatoms. The number of methoxy groups -OCH3 is 2. The van der Waals surface area contributed by atoms with Gasteiger partial charge in [0.15, 0.2) is 0 Å². The van der Waals surface area contributed by atoms with Crippen LogP contribution in [-0.2, 0) is 4.79 Å². The minimum atomic E-state index is -0.844. The van der Waals surface area contributed by atoms with Crippen molar-refractivity contribution in [1.82, 2.24) is 4.90 Å². The van der Waals surface area contributed by atoms with Crippen LogP contribution in [0, 0.1) is 11.7 Å². The molecule has 7 nitrogen and oxygen atoms in total. The standard InChI is InChI=1S/C26H33FN4O3/c1-29-16-23(17-9-11-31(2)12-10-17)24(28)26(32)25(18-5-7-19(27)8-6-18)30-20-13-21(33-3)15-22(14-20)34-4/h5-8,13-17,25,30H,9-12,28H2,1-4H3. The number of piperidine rings is 1. The highest BCUT2D eigenvalue weighted by atomic mass is 19.1. The molecule has 3 rings (SSSR count). The molecule has 1 aliphatic rings. The molecule has 1 unspecified atom stereocenters. The van der Waals surface area contributed by atoms with Crippen LogP contribution in [0.3, 0.4) is 0 Å². The van der Waals surface area contributed by atoms with E-state index in [-0.39, 0.29) is 23.2 Å². The summed E-state index contributed by atoms with van der Waals surface area (Å²) in [5, 5.41) is 3.25. The summed E-state index contributed by atoms with van der Waals surface area (Å²) in [6, 6.07) is 10.2. The summed E-state index contributed by atoms with van der Waals surface area (Å²) in [6.07, 6.45) is 3.49. The van der Waals surface area contributed by atoms with Gasteiger partial charge in [-0.1, -0.05) is 12.1 Å². The maximum absolute atomic E-state index is 13.8. The van der Waals surface area contributed by atoms with E-state index in [9.17, 15) is 9.18 Å². The monoisotopic (exact) mass is 468 g/mol. The van der Waals surface area contributed by atoms with Gasteiger partial charge in [-0.05, 0) is 62.2 Å². The number of anilines is 1. The lowest BCUT2D eigenvalue weighted by Gasteiger charge is -2.30. The number of carbonyl (C=O) groups excluding carboxylic acids is 1. The lowest BCUT2D eigenvalue weighted by Crippen LogP contribution is -2.34. The average Bonchev–Trinajstić information content (AvgIpc) is 2.86. The molecule has 2 aromatic rings. The first-order valence-electron chi connectivity index (χ1n) is 11.3. The number of hydrogen-bond donors (Lipinski definition) is 2. The molecule has 0 amide bonds. The van der Waals surface area contributed by atoms with Crippen molar-refractivity contribution < 1.29 is 18.7 Å². The Morgan fingerprint density at radius 2 is 1.74 bits per heavy atom. The first kappa shape index (κ1) is 25.2. The maximum Gasteiger partial charge on any atom is 0.205 e. The molecule has 3 N–H and O–H groups in total. The van der Waals surface area contributed by atoms with Crippen molar-refractivity contribution in [2.75, 3.05) is 46.7 Å². The molecule has 0 radical (unpaired) electrons. The van der Waals surface area contributed by atoms with Crippen LogP contribution in [0.15, 0.2) is 58.7 Å². The number of halogens is 1. The van der Waals surface area contributed by atoms with E-state index in [0.29, 0.717) is 22.7 Å². The lowest BCUT2D eigenvalue weighted by atomic mass is 9.86. The van der Waals surface area contributed by atoms with Crippen LogP contribution in [0.5, 0.6) is 11.5 Å². The average molecular weight is 469 g/mol. The number of nitrogens with zero attached hydrogens (tertiary/aromatic N) is 2. The van der Waals surface area contributed by atoms with Gasteiger partial charge in [-0.15, -0.1) is 0 Å². The summed E-state index contributed by atoms with van der Waals surface area (Å²) in [5.41, 5.74) is 8.62. The van der Waals surface area contributed by atoms with Crippen molar-refractivity contribution in [2.45, 2.75) is 18.9 Å². The third-order valence-electron chi connectivity index (χ3n) is 6.13. The number of nitrogens with one attached hydrogen (secondary N) is 1. The quantitative estimate of drug-likeness (QED) is 0.430. The highest BCUT2D eigenvalue weighted by molar-refractivity contribution is 6.05. The zero-order chi connectivity index (χ0) is 24.7. The van der Waals surface area contributed by atoms with Crippen LogP contribution in [0.25, 0.3) is 0 Å². The summed E-state index contributed by atoms with van der Waals surface area (Å²) >= 11 is 0. The number of nitrogens with two attached hydrogens (primary N) is 1. The molecule has 0 aliphatic carbocycles. The first-order chi connectivity index (χ1) is 16.4. The van der Waals surface area contributed by atoms with Crippen LogP contribution in [-0.4, -0.2) is 58.3 Å². The fraction of sp³-hybridized carbons (Fsp3) is 0.385. The van der Waals surface area contributed by atoms with E-state index in [1.807, 2.05) is 0 Å². The molecule has 0 saturated carbocycles. The molecule has 182 valence electrons. The van der Waals surface area contributed by atoms with E-state index in [1.54, 1.807) is 57.8 Å². The summed E-state index contributed by atoms with van der Waals surface area (Å²) in [5.74, 6) is 0.602. The zero-order valence-corrected chi connectivity index (χ0v) is 20.2. The number of hydrogen-bond acceptors (Lipinski definition) is 7. The van der Waals surface area contributed by atoms with Gasteiger partial charge in [-0.25, -0.2) is 4.39 Å². The third kappa shape index (κ3) is 6.14. The third-order valence-corrected chi connectivity index (χ3v) is 6.13. The van der Waals surface area contributed by atoms with Crippen LogP contribution >= 0.6 is 0 Å². The molecule has 34 heavy (non-hydrogen) atoms. The van der Waals surface area contributed by atoms with Gasteiger partial charge in [0.05, 0.1) is 19.9 Å². The number of benzene rings is 2. The first-order valence-corrected chi connectivity index (χ1v) is 11.3. The highest BCUT2D eigenvalue weighted by Crippen LogP contribution is 2.31. The molecule has 1 atom stereocenters. The Morgan fingerprint density at radius 1 is 1.15 bits per heavy atom. The van der Waals surface area contributed by atoms with Gasteiger partial charge in [-0.2, -0.15) is 0 Å². The number of aliphatic imine (C=N–C) groups is 1. The Balaban J connectivity index is 2.02. The molecular formula is C26H33FN4O3. The van der Waals surface area contributed by atoms with Crippen LogP contribution in [0.4, 0.5) is 10.1 Å². The summed E-state index contributed by atoms with van der Waals surface area (Å²) in [6.45, 7) is 1.85. The Bertz CT molecular complexity index is 1020. The van der Waals surface area contributed by atoms with Crippen molar-refractivity contribution in [3.05, 3.63) is 65.1 Å². The molecule has 0 bridgehead atoms. The van der Waals surface area contributed by atoms with Gasteiger partial charge in [0.2, 0.25) is 5.78 Å². The summed E-state index contributed by atoms with van der Waals surface area (Å²) in [4.78, 5) is 20.2. The van der Waals surface area contributed by atoms with Crippen LogP contribution in [0.1, 0.15) is 24.4 Å².